The highest BCUT2D eigenvalue weighted by Gasteiger charge is 2.02. The molecule has 1 rings (SSSR count). The molecule has 0 aromatic carbocycles. The minimum Gasteiger partial charge on any atom is -0.302 e. The van der Waals surface area contributed by atoms with E-state index in [1.807, 2.05) is 10.9 Å². The molecule has 92 valence electrons. The summed E-state index contributed by atoms with van der Waals surface area (Å²) in [6, 6.07) is 0. The molecule has 0 N–H and O–H groups in total. The first-order valence-corrected chi connectivity index (χ1v) is 6.50. The quantitative estimate of drug-likeness (QED) is 0.654. The van der Waals surface area contributed by atoms with Gasteiger partial charge in [-0.25, -0.2) is 0 Å². The number of halogens is 1. The van der Waals surface area contributed by atoms with Crippen molar-refractivity contribution in [3.63, 3.8) is 0 Å². The van der Waals surface area contributed by atoms with E-state index in [4.69, 9.17) is 11.6 Å². The van der Waals surface area contributed by atoms with Gasteiger partial charge in [0.25, 0.3) is 0 Å². The Morgan fingerprint density at radius 1 is 1.38 bits per heavy atom. The second-order valence-electron chi connectivity index (χ2n) is 3.79. The van der Waals surface area contributed by atoms with E-state index < -0.39 is 0 Å². The fourth-order valence-corrected chi connectivity index (χ4v) is 1.73. The number of hydrogen-bond donors (Lipinski definition) is 0. The monoisotopic (exact) mass is 244 g/mol. The van der Waals surface area contributed by atoms with Crippen LogP contribution in [0, 0.1) is 0 Å². The van der Waals surface area contributed by atoms with Crippen LogP contribution >= 0.6 is 11.6 Å². The Labute approximate surface area is 103 Å². The summed E-state index contributed by atoms with van der Waals surface area (Å²) in [5, 5.41) is 8.23. The molecule has 0 atom stereocenters. The van der Waals surface area contributed by atoms with Crippen molar-refractivity contribution in [3.05, 3.63) is 11.9 Å². The van der Waals surface area contributed by atoms with Gasteiger partial charge in [0, 0.05) is 18.6 Å². The van der Waals surface area contributed by atoms with Gasteiger partial charge in [0.1, 0.15) is 0 Å². The molecule has 0 radical (unpaired) electrons. The molecular formula is C11H21ClN4. The lowest BCUT2D eigenvalue weighted by atomic mass is 10.3. The fourth-order valence-electron chi connectivity index (χ4n) is 1.59. The minimum atomic E-state index is 0.687. The van der Waals surface area contributed by atoms with Gasteiger partial charge in [-0.05, 0) is 25.9 Å². The summed E-state index contributed by atoms with van der Waals surface area (Å²) in [7, 11) is 0. The van der Waals surface area contributed by atoms with Crippen molar-refractivity contribution < 1.29 is 0 Å². The van der Waals surface area contributed by atoms with Gasteiger partial charge in [-0.2, -0.15) is 0 Å². The van der Waals surface area contributed by atoms with Crippen LogP contribution in [0.2, 0.25) is 0 Å². The van der Waals surface area contributed by atoms with Gasteiger partial charge in [0.05, 0.1) is 12.2 Å². The lowest BCUT2D eigenvalue weighted by Gasteiger charge is -2.17. The van der Waals surface area contributed by atoms with Crippen molar-refractivity contribution in [2.24, 2.45) is 0 Å². The molecule has 0 saturated carbocycles. The first kappa shape index (κ1) is 13.5. The Kier molecular flexibility index (Phi) is 6.42. The average molecular weight is 245 g/mol. The van der Waals surface area contributed by atoms with Crippen LogP contribution in [0.15, 0.2) is 6.20 Å². The molecule has 0 aliphatic carbocycles. The van der Waals surface area contributed by atoms with Gasteiger partial charge in [-0.3, -0.25) is 4.68 Å². The maximum atomic E-state index is 5.64. The molecule has 0 saturated heterocycles. The van der Waals surface area contributed by atoms with Gasteiger partial charge in [-0.15, -0.1) is 16.7 Å². The molecule has 0 amide bonds. The van der Waals surface area contributed by atoms with Crippen molar-refractivity contribution in [1.82, 2.24) is 19.9 Å². The third kappa shape index (κ3) is 4.49. The molecule has 0 bridgehead atoms. The summed E-state index contributed by atoms with van der Waals surface area (Å²) in [5.41, 5.74) is 1.04. The van der Waals surface area contributed by atoms with E-state index in [0.717, 1.165) is 44.7 Å². The second-order valence-corrected chi connectivity index (χ2v) is 4.17. The number of aromatic nitrogens is 3. The Morgan fingerprint density at radius 2 is 2.12 bits per heavy atom. The Hall–Kier alpha value is -0.610. The van der Waals surface area contributed by atoms with E-state index in [9.17, 15) is 0 Å². The molecule has 1 heterocycles. The van der Waals surface area contributed by atoms with E-state index in [2.05, 4.69) is 29.1 Å². The Balaban J connectivity index is 2.33. The van der Waals surface area contributed by atoms with E-state index in [1.54, 1.807) is 0 Å². The topological polar surface area (TPSA) is 34.0 Å². The number of aryl methyl sites for hydroxylation is 1. The van der Waals surface area contributed by atoms with Crippen LogP contribution in [0.3, 0.4) is 0 Å². The molecule has 16 heavy (non-hydrogen) atoms. The SMILES string of the molecule is CCN(CC)CCn1cc(CCCCl)nn1. The van der Waals surface area contributed by atoms with Crippen LogP contribution < -0.4 is 0 Å². The average Bonchev–Trinajstić information content (AvgIpc) is 2.76. The van der Waals surface area contributed by atoms with E-state index in [0.29, 0.717) is 5.88 Å². The predicted octanol–water partition coefficient (Wildman–Crippen LogP) is 1.79. The molecule has 1 aromatic rings. The van der Waals surface area contributed by atoms with Crippen LogP contribution in [0.1, 0.15) is 26.0 Å². The number of nitrogens with zero attached hydrogens (tertiary/aromatic N) is 4. The number of rotatable bonds is 8. The Bertz CT molecular complexity index is 283. The molecule has 4 nitrogen and oxygen atoms in total. The van der Waals surface area contributed by atoms with Crippen LogP contribution in [0.4, 0.5) is 0 Å². The zero-order chi connectivity index (χ0) is 11.8. The molecule has 0 aliphatic rings. The minimum absolute atomic E-state index is 0.687. The smallest absolute Gasteiger partial charge is 0.0827 e. The summed E-state index contributed by atoms with van der Waals surface area (Å²) in [4.78, 5) is 2.38. The first-order valence-electron chi connectivity index (χ1n) is 5.97. The summed E-state index contributed by atoms with van der Waals surface area (Å²) in [6.45, 7) is 8.48. The van der Waals surface area contributed by atoms with E-state index >= 15 is 0 Å². The van der Waals surface area contributed by atoms with Gasteiger partial charge in [0.2, 0.25) is 0 Å². The van der Waals surface area contributed by atoms with Crippen molar-refractivity contribution >= 4 is 11.6 Å². The molecule has 0 fully saturated rings. The maximum absolute atomic E-state index is 5.64. The maximum Gasteiger partial charge on any atom is 0.0827 e. The fraction of sp³-hybridized carbons (Fsp3) is 0.818. The summed E-state index contributed by atoms with van der Waals surface area (Å²) < 4.78 is 1.92. The largest absolute Gasteiger partial charge is 0.302 e. The van der Waals surface area contributed by atoms with Gasteiger partial charge in [0.15, 0.2) is 0 Å². The van der Waals surface area contributed by atoms with Crippen LogP contribution in [-0.2, 0) is 13.0 Å². The number of hydrogen-bond acceptors (Lipinski definition) is 3. The van der Waals surface area contributed by atoms with Crippen LogP contribution in [0.25, 0.3) is 0 Å². The third-order valence-corrected chi connectivity index (χ3v) is 2.96. The third-order valence-electron chi connectivity index (χ3n) is 2.69. The van der Waals surface area contributed by atoms with Crippen molar-refractivity contribution in [1.29, 1.82) is 0 Å². The lowest BCUT2D eigenvalue weighted by molar-refractivity contribution is 0.284. The molecule has 1 aromatic heterocycles. The van der Waals surface area contributed by atoms with E-state index in [1.165, 1.54) is 0 Å². The van der Waals surface area contributed by atoms with Gasteiger partial charge >= 0.3 is 0 Å². The standard InChI is InChI=1S/C11H21ClN4/c1-3-15(4-2)8-9-16-10-11(13-14-16)6-5-7-12/h10H,3-9H2,1-2H3. The van der Waals surface area contributed by atoms with Crippen LogP contribution in [-0.4, -0.2) is 45.4 Å². The second kappa shape index (κ2) is 7.63. The number of alkyl halides is 1. The van der Waals surface area contributed by atoms with E-state index in [-0.39, 0.29) is 0 Å². The first-order chi connectivity index (χ1) is 7.80. The summed E-state index contributed by atoms with van der Waals surface area (Å²) in [5.74, 6) is 0.687. The molecule has 0 aliphatic heterocycles. The van der Waals surface area contributed by atoms with Gasteiger partial charge < -0.3 is 4.90 Å². The number of likely N-dealkylation sites (N-methyl/N-ethyl adjacent to an activating group) is 1. The van der Waals surface area contributed by atoms with Crippen LogP contribution in [0.5, 0.6) is 0 Å². The highest BCUT2D eigenvalue weighted by molar-refractivity contribution is 6.17. The normalized spacial score (nSPS) is 11.2. The molecule has 0 unspecified atom stereocenters. The van der Waals surface area contributed by atoms with Crippen molar-refractivity contribution in [2.45, 2.75) is 33.2 Å². The molecular weight excluding hydrogens is 224 g/mol. The Morgan fingerprint density at radius 3 is 2.75 bits per heavy atom. The molecule has 0 spiro atoms. The van der Waals surface area contributed by atoms with Crippen molar-refractivity contribution in [3.8, 4) is 0 Å². The highest BCUT2D eigenvalue weighted by Crippen LogP contribution is 1.99. The molecule has 5 heteroatoms. The highest BCUT2D eigenvalue weighted by atomic mass is 35.5. The summed E-state index contributed by atoms with van der Waals surface area (Å²) >= 11 is 5.64. The zero-order valence-corrected chi connectivity index (χ0v) is 10.9. The predicted molar refractivity (Wildman–Crippen MR) is 66.9 cm³/mol. The van der Waals surface area contributed by atoms with Crippen molar-refractivity contribution in [2.75, 3.05) is 25.5 Å². The van der Waals surface area contributed by atoms with Gasteiger partial charge in [-0.1, -0.05) is 19.1 Å². The zero-order valence-electron chi connectivity index (χ0n) is 10.2. The summed E-state index contributed by atoms with van der Waals surface area (Å²) in [6.07, 6.45) is 3.92. The lowest BCUT2D eigenvalue weighted by Crippen LogP contribution is -2.27.